The number of benzene rings is 1. The second-order valence-corrected chi connectivity index (χ2v) is 7.03. The summed E-state index contributed by atoms with van der Waals surface area (Å²) in [6.07, 6.45) is 2.28. The molecule has 0 atom stereocenters. The first-order valence-corrected chi connectivity index (χ1v) is 9.84. The van der Waals surface area contributed by atoms with Crippen molar-refractivity contribution in [3.63, 3.8) is 0 Å². The molecule has 1 aliphatic heterocycles. The van der Waals surface area contributed by atoms with Crippen LogP contribution in [0.3, 0.4) is 0 Å². The Kier molecular flexibility index (Phi) is 7.91. The molecule has 0 saturated carbocycles. The summed E-state index contributed by atoms with van der Waals surface area (Å²) < 4.78 is 0. The first kappa shape index (κ1) is 21.0. The molecule has 0 radical (unpaired) electrons. The minimum Gasteiger partial charge on any atom is -0.371 e. The Morgan fingerprint density at radius 3 is 2.37 bits per heavy atom. The number of likely N-dealkylation sites (N-methyl/N-ethyl adjacent to an activating group) is 1. The van der Waals surface area contributed by atoms with Crippen LogP contribution in [0, 0.1) is 0 Å². The van der Waals surface area contributed by atoms with Crippen molar-refractivity contribution < 1.29 is 9.59 Å². The van der Waals surface area contributed by atoms with Crippen LogP contribution < -0.4 is 15.5 Å². The molecule has 27 heavy (non-hydrogen) atoms. The van der Waals surface area contributed by atoms with Gasteiger partial charge in [-0.1, -0.05) is 13.8 Å². The molecule has 0 aromatic heterocycles. The fourth-order valence-electron chi connectivity index (χ4n) is 3.23. The molecule has 0 bridgehead atoms. The van der Waals surface area contributed by atoms with Gasteiger partial charge in [0.1, 0.15) is 0 Å². The molecule has 1 aromatic carbocycles. The molecule has 150 valence electrons. The van der Waals surface area contributed by atoms with E-state index in [2.05, 4.69) is 34.3 Å². The van der Waals surface area contributed by atoms with E-state index in [1.54, 1.807) is 20.2 Å². The number of carbonyl (C=O) groups excluding carboxylic acids is 2. The molecule has 7 nitrogen and oxygen atoms in total. The van der Waals surface area contributed by atoms with Crippen molar-refractivity contribution in [2.75, 3.05) is 63.6 Å². The zero-order valence-electron chi connectivity index (χ0n) is 17.0. The molecule has 1 aromatic rings. The van der Waals surface area contributed by atoms with Crippen LogP contribution in [0.4, 0.5) is 16.2 Å². The maximum absolute atomic E-state index is 12.9. The van der Waals surface area contributed by atoms with Crippen LogP contribution in [0.5, 0.6) is 0 Å². The minimum atomic E-state index is -0.211. The van der Waals surface area contributed by atoms with Crippen LogP contribution in [0.25, 0.3) is 0 Å². The highest BCUT2D eigenvalue weighted by Crippen LogP contribution is 2.27. The molecular formula is C20H33N5O2. The quantitative estimate of drug-likeness (QED) is 0.732. The van der Waals surface area contributed by atoms with Crippen molar-refractivity contribution in [1.29, 1.82) is 0 Å². The Hall–Kier alpha value is -2.28. The van der Waals surface area contributed by atoms with Crippen molar-refractivity contribution in [2.24, 2.45) is 0 Å². The third kappa shape index (κ3) is 5.85. The Morgan fingerprint density at radius 2 is 1.78 bits per heavy atom. The SMILES string of the molecule is CCN(CC)CCNC(=O)c1cc(NC(=O)N(C)C)ccc1N1CCCC1. The molecule has 1 saturated heterocycles. The number of anilines is 2. The smallest absolute Gasteiger partial charge is 0.321 e. The number of urea groups is 1. The predicted molar refractivity (Wildman–Crippen MR) is 111 cm³/mol. The summed E-state index contributed by atoms with van der Waals surface area (Å²) >= 11 is 0. The lowest BCUT2D eigenvalue weighted by Gasteiger charge is -2.23. The molecule has 1 heterocycles. The molecule has 0 unspecified atom stereocenters. The normalized spacial score (nSPS) is 13.7. The average molecular weight is 376 g/mol. The van der Waals surface area contributed by atoms with Crippen molar-refractivity contribution in [3.8, 4) is 0 Å². The van der Waals surface area contributed by atoms with E-state index in [1.807, 2.05) is 12.1 Å². The summed E-state index contributed by atoms with van der Waals surface area (Å²) in [5.41, 5.74) is 2.19. The highest BCUT2D eigenvalue weighted by Gasteiger charge is 2.20. The molecule has 1 aliphatic rings. The maximum atomic E-state index is 12.9. The largest absolute Gasteiger partial charge is 0.371 e. The molecule has 2 rings (SSSR count). The lowest BCUT2D eigenvalue weighted by molar-refractivity contribution is 0.0949. The van der Waals surface area contributed by atoms with Gasteiger partial charge in [-0.15, -0.1) is 0 Å². The Balaban J connectivity index is 2.15. The Bertz CT molecular complexity index is 637. The van der Waals surface area contributed by atoms with Gasteiger partial charge in [0.25, 0.3) is 5.91 Å². The van der Waals surface area contributed by atoms with E-state index >= 15 is 0 Å². The van der Waals surface area contributed by atoms with Gasteiger partial charge in [-0.3, -0.25) is 4.79 Å². The third-order valence-electron chi connectivity index (χ3n) is 4.95. The lowest BCUT2D eigenvalue weighted by Crippen LogP contribution is -2.35. The van der Waals surface area contributed by atoms with E-state index in [-0.39, 0.29) is 11.9 Å². The second-order valence-electron chi connectivity index (χ2n) is 7.03. The van der Waals surface area contributed by atoms with Gasteiger partial charge in [0.2, 0.25) is 0 Å². The summed E-state index contributed by atoms with van der Waals surface area (Å²) in [6, 6.07) is 5.37. The zero-order valence-corrected chi connectivity index (χ0v) is 17.0. The van der Waals surface area contributed by atoms with Crippen molar-refractivity contribution in [2.45, 2.75) is 26.7 Å². The Morgan fingerprint density at radius 1 is 1.11 bits per heavy atom. The van der Waals surface area contributed by atoms with E-state index in [0.717, 1.165) is 51.3 Å². The maximum Gasteiger partial charge on any atom is 0.321 e. The molecular weight excluding hydrogens is 342 g/mol. The zero-order chi connectivity index (χ0) is 19.8. The first-order valence-electron chi connectivity index (χ1n) is 9.84. The molecule has 0 spiro atoms. The van der Waals surface area contributed by atoms with Gasteiger partial charge in [-0.05, 0) is 44.1 Å². The van der Waals surface area contributed by atoms with E-state index in [9.17, 15) is 9.59 Å². The number of hydrogen-bond donors (Lipinski definition) is 2. The van der Waals surface area contributed by atoms with Crippen LogP contribution >= 0.6 is 0 Å². The van der Waals surface area contributed by atoms with Gasteiger partial charge in [0, 0.05) is 51.6 Å². The van der Waals surface area contributed by atoms with E-state index in [4.69, 9.17) is 0 Å². The summed E-state index contributed by atoms with van der Waals surface area (Å²) in [7, 11) is 3.38. The standard InChI is InChI=1S/C20H33N5O2/c1-5-24(6-2)14-11-21-19(26)17-15-16(22-20(27)23(3)4)9-10-18(17)25-12-7-8-13-25/h9-10,15H,5-8,11-14H2,1-4H3,(H,21,26)(H,22,27). The molecule has 0 aliphatic carbocycles. The highest BCUT2D eigenvalue weighted by atomic mass is 16.2. The van der Waals surface area contributed by atoms with Gasteiger partial charge in [0.15, 0.2) is 0 Å². The minimum absolute atomic E-state index is 0.0926. The monoisotopic (exact) mass is 375 g/mol. The number of hydrogen-bond acceptors (Lipinski definition) is 4. The van der Waals surface area contributed by atoms with Crippen molar-refractivity contribution >= 4 is 23.3 Å². The van der Waals surface area contributed by atoms with Gasteiger partial charge in [-0.2, -0.15) is 0 Å². The van der Waals surface area contributed by atoms with Crippen LogP contribution in [0.2, 0.25) is 0 Å². The topological polar surface area (TPSA) is 67.9 Å². The van der Waals surface area contributed by atoms with Crippen molar-refractivity contribution in [3.05, 3.63) is 23.8 Å². The number of amides is 3. The lowest BCUT2D eigenvalue weighted by atomic mass is 10.1. The molecule has 1 fully saturated rings. The van der Waals surface area contributed by atoms with Gasteiger partial charge >= 0.3 is 6.03 Å². The molecule has 2 N–H and O–H groups in total. The van der Waals surface area contributed by atoms with Crippen LogP contribution in [-0.4, -0.2) is 75.1 Å². The number of nitrogens with zero attached hydrogens (tertiary/aromatic N) is 3. The van der Waals surface area contributed by atoms with Crippen LogP contribution in [-0.2, 0) is 0 Å². The fourth-order valence-corrected chi connectivity index (χ4v) is 3.23. The summed E-state index contributed by atoms with van der Waals surface area (Å²) in [6.45, 7) is 9.53. The predicted octanol–water partition coefficient (Wildman–Crippen LogP) is 2.45. The Labute approximate surface area is 162 Å². The highest BCUT2D eigenvalue weighted by molar-refractivity contribution is 6.02. The third-order valence-corrected chi connectivity index (χ3v) is 4.95. The fraction of sp³-hybridized carbons (Fsp3) is 0.600. The first-order chi connectivity index (χ1) is 13.0. The van der Waals surface area contributed by atoms with E-state index < -0.39 is 0 Å². The summed E-state index contributed by atoms with van der Waals surface area (Å²) in [5.74, 6) is -0.0926. The van der Waals surface area contributed by atoms with E-state index in [0.29, 0.717) is 17.8 Å². The van der Waals surface area contributed by atoms with E-state index in [1.165, 1.54) is 4.90 Å². The summed E-state index contributed by atoms with van der Waals surface area (Å²) in [5, 5.41) is 5.86. The number of nitrogens with one attached hydrogen (secondary N) is 2. The molecule has 3 amide bonds. The van der Waals surface area contributed by atoms with Gasteiger partial charge in [0.05, 0.1) is 5.56 Å². The van der Waals surface area contributed by atoms with Crippen LogP contribution in [0.1, 0.15) is 37.0 Å². The van der Waals surface area contributed by atoms with Crippen molar-refractivity contribution in [1.82, 2.24) is 15.1 Å². The van der Waals surface area contributed by atoms with Crippen LogP contribution in [0.15, 0.2) is 18.2 Å². The average Bonchev–Trinajstić information content (AvgIpc) is 3.19. The summed E-state index contributed by atoms with van der Waals surface area (Å²) in [4.78, 5) is 30.8. The number of rotatable bonds is 8. The van der Waals surface area contributed by atoms with Gasteiger partial charge < -0.3 is 25.3 Å². The van der Waals surface area contributed by atoms with Gasteiger partial charge in [-0.25, -0.2) is 4.79 Å². The molecule has 7 heteroatoms. The number of carbonyl (C=O) groups is 2. The second kappa shape index (κ2) is 10.2.